The molecular weight excluding hydrogens is 214 g/mol. The van der Waals surface area contributed by atoms with E-state index in [1.807, 2.05) is 0 Å². The number of hydrogen-bond acceptors (Lipinski definition) is 6. The van der Waals surface area contributed by atoms with E-state index in [1.165, 1.54) is 0 Å². The van der Waals surface area contributed by atoms with Gasteiger partial charge in [0.25, 0.3) is 0 Å². The number of thiol groups is 1. The van der Waals surface area contributed by atoms with Crippen molar-refractivity contribution >= 4 is 18.6 Å². The van der Waals surface area contributed by atoms with Gasteiger partial charge in [-0.3, -0.25) is 0 Å². The van der Waals surface area contributed by atoms with Crippen molar-refractivity contribution in [3.8, 4) is 12.1 Å². The molecule has 0 aromatic carbocycles. The standard InChI is InChI=1S/C9H9N3O2S/c1-2-14-9(13)7(5-11)3-6(4-10)8(12)15/h3,15H,2,12H2,1H3/b7-3-,8-6-. The molecule has 0 radical (unpaired) electrons. The van der Waals surface area contributed by atoms with E-state index in [0.717, 1.165) is 6.08 Å². The lowest BCUT2D eigenvalue weighted by Crippen LogP contribution is -2.07. The average molecular weight is 223 g/mol. The maximum atomic E-state index is 11.1. The molecule has 0 aliphatic rings. The van der Waals surface area contributed by atoms with Crippen molar-refractivity contribution < 1.29 is 9.53 Å². The number of nitrogens with zero attached hydrogens (tertiary/aromatic N) is 2. The monoisotopic (exact) mass is 223 g/mol. The fourth-order valence-corrected chi connectivity index (χ4v) is 0.768. The summed E-state index contributed by atoms with van der Waals surface area (Å²) in [6.07, 6.45) is 1.04. The summed E-state index contributed by atoms with van der Waals surface area (Å²) >= 11 is 3.74. The average Bonchev–Trinajstić information content (AvgIpc) is 2.19. The molecule has 0 saturated heterocycles. The van der Waals surface area contributed by atoms with Gasteiger partial charge in [-0.05, 0) is 13.0 Å². The minimum atomic E-state index is -0.790. The largest absolute Gasteiger partial charge is 0.462 e. The van der Waals surface area contributed by atoms with Crippen molar-refractivity contribution in [1.29, 1.82) is 10.5 Å². The van der Waals surface area contributed by atoms with Crippen molar-refractivity contribution in [2.45, 2.75) is 6.92 Å². The Bertz CT molecular complexity index is 395. The van der Waals surface area contributed by atoms with Gasteiger partial charge < -0.3 is 10.5 Å². The van der Waals surface area contributed by atoms with Crippen molar-refractivity contribution in [3.63, 3.8) is 0 Å². The lowest BCUT2D eigenvalue weighted by molar-refractivity contribution is -0.138. The molecule has 15 heavy (non-hydrogen) atoms. The minimum absolute atomic E-state index is 0.0528. The van der Waals surface area contributed by atoms with Gasteiger partial charge in [0.1, 0.15) is 17.7 Å². The molecule has 2 N–H and O–H groups in total. The van der Waals surface area contributed by atoms with E-state index in [0.29, 0.717) is 0 Å². The van der Waals surface area contributed by atoms with Gasteiger partial charge in [-0.25, -0.2) is 4.79 Å². The Morgan fingerprint density at radius 2 is 2.13 bits per heavy atom. The first-order valence-electron chi connectivity index (χ1n) is 3.94. The molecule has 0 aliphatic heterocycles. The highest BCUT2D eigenvalue weighted by Gasteiger charge is 2.11. The second-order valence-electron chi connectivity index (χ2n) is 2.30. The van der Waals surface area contributed by atoms with Crippen molar-refractivity contribution in [2.24, 2.45) is 5.73 Å². The quantitative estimate of drug-likeness (QED) is 0.240. The number of nitrogens with two attached hydrogens (primary N) is 1. The maximum Gasteiger partial charge on any atom is 0.348 e. The number of carbonyl (C=O) groups is 1. The van der Waals surface area contributed by atoms with Gasteiger partial charge in [-0.15, -0.1) is 12.6 Å². The van der Waals surface area contributed by atoms with Crippen LogP contribution in [0.25, 0.3) is 0 Å². The third kappa shape index (κ3) is 4.21. The van der Waals surface area contributed by atoms with Gasteiger partial charge in [0, 0.05) is 0 Å². The molecule has 0 saturated carbocycles. The Morgan fingerprint density at radius 3 is 2.47 bits per heavy atom. The van der Waals surface area contributed by atoms with Crippen LogP contribution in [0.1, 0.15) is 6.92 Å². The number of hydrogen-bond donors (Lipinski definition) is 2. The van der Waals surface area contributed by atoms with E-state index in [-0.39, 0.29) is 22.8 Å². The SMILES string of the molecule is CCOC(=O)/C(C#N)=C\C(C#N)=C(/N)S. The number of carbonyl (C=O) groups excluding carboxylic acids is 1. The van der Waals surface area contributed by atoms with Crippen LogP contribution in [-0.4, -0.2) is 12.6 Å². The second-order valence-corrected chi connectivity index (χ2v) is 2.78. The van der Waals surface area contributed by atoms with Crippen LogP contribution in [0.4, 0.5) is 0 Å². The van der Waals surface area contributed by atoms with Crippen LogP contribution in [0.15, 0.2) is 22.3 Å². The van der Waals surface area contributed by atoms with Gasteiger partial charge in [0.15, 0.2) is 0 Å². The molecule has 0 unspecified atom stereocenters. The zero-order valence-electron chi connectivity index (χ0n) is 8.02. The highest BCUT2D eigenvalue weighted by atomic mass is 32.1. The van der Waals surface area contributed by atoms with Gasteiger partial charge in [-0.1, -0.05) is 0 Å². The fraction of sp³-hybridized carbons (Fsp3) is 0.222. The lowest BCUT2D eigenvalue weighted by Gasteiger charge is -1.99. The van der Waals surface area contributed by atoms with Crippen LogP contribution >= 0.6 is 12.6 Å². The minimum Gasteiger partial charge on any atom is -0.462 e. The van der Waals surface area contributed by atoms with Crippen LogP contribution < -0.4 is 5.73 Å². The number of esters is 1. The van der Waals surface area contributed by atoms with Crippen LogP contribution in [0, 0.1) is 22.7 Å². The molecule has 0 aromatic heterocycles. The smallest absolute Gasteiger partial charge is 0.348 e. The molecule has 0 heterocycles. The molecule has 0 fully saturated rings. The molecular formula is C9H9N3O2S. The molecule has 0 atom stereocenters. The zero-order chi connectivity index (χ0) is 11.8. The summed E-state index contributed by atoms with van der Waals surface area (Å²) in [5, 5.41) is 17.2. The van der Waals surface area contributed by atoms with E-state index < -0.39 is 5.97 Å². The van der Waals surface area contributed by atoms with Crippen molar-refractivity contribution in [1.82, 2.24) is 0 Å². The summed E-state index contributed by atoms with van der Waals surface area (Å²) in [5.74, 6) is -0.790. The number of rotatable bonds is 3. The lowest BCUT2D eigenvalue weighted by atomic mass is 10.2. The van der Waals surface area contributed by atoms with Crippen LogP contribution in [-0.2, 0) is 9.53 Å². The predicted molar refractivity (Wildman–Crippen MR) is 56.1 cm³/mol. The van der Waals surface area contributed by atoms with E-state index in [1.54, 1.807) is 19.1 Å². The summed E-state index contributed by atoms with van der Waals surface area (Å²) < 4.78 is 4.59. The molecule has 6 heteroatoms. The van der Waals surface area contributed by atoms with Crippen LogP contribution in [0.3, 0.4) is 0 Å². The van der Waals surface area contributed by atoms with E-state index in [4.69, 9.17) is 16.3 Å². The maximum absolute atomic E-state index is 11.1. The first-order valence-corrected chi connectivity index (χ1v) is 4.39. The Morgan fingerprint density at radius 1 is 1.53 bits per heavy atom. The Hall–Kier alpha value is -1.92. The topological polar surface area (TPSA) is 99.9 Å². The molecule has 0 rings (SSSR count). The molecule has 0 aromatic rings. The van der Waals surface area contributed by atoms with E-state index in [2.05, 4.69) is 17.4 Å². The first kappa shape index (κ1) is 13.1. The Kier molecular flexibility index (Phi) is 5.69. The second kappa shape index (κ2) is 6.52. The van der Waals surface area contributed by atoms with Gasteiger partial charge in [-0.2, -0.15) is 10.5 Å². The summed E-state index contributed by atoms with van der Waals surface area (Å²) in [6.45, 7) is 1.76. The van der Waals surface area contributed by atoms with Crippen LogP contribution in [0.5, 0.6) is 0 Å². The van der Waals surface area contributed by atoms with E-state index >= 15 is 0 Å². The third-order valence-electron chi connectivity index (χ3n) is 1.30. The van der Waals surface area contributed by atoms with Crippen LogP contribution in [0.2, 0.25) is 0 Å². The summed E-state index contributed by atoms with van der Waals surface area (Å²) in [5.41, 5.74) is 4.90. The molecule has 5 nitrogen and oxygen atoms in total. The number of nitriles is 2. The third-order valence-corrected chi connectivity index (χ3v) is 1.54. The summed E-state index contributed by atoms with van der Waals surface area (Å²) in [7, 11) is 0. The molecule has 0 bridgehead atoms. The normalized spacial score (nSPS) is 12.1. The fourth-order valence-electron chi connectivity index (χ4n) is 0.654. The highest BCUT2D eigenvalue weighted by Crippen LogP contribution is 2.08. The molecule has 0 aliphatic carbocycles. The molecule has 0 spiro atoms. The van der Waals surface area contributed by atoms with Gasteiger partial charge in [0.2, 0.25) is 0 Å². The summed E-state index contributed by atoms with van der Waals surface area (Å²) in [6, 6.07) is 3.32. The number of ether oxygens (including phenoxy) is 1. The number of allylic oxidation sites excluding steroid dienone is 2. The Balaban J connectivity index is 5.10. The van der Waals surface area contributed by atoms with Gasteiger partial charge in [0.05, 0.1) is 17.2 Å². The summed E-state index contributed by atoms with van der Waals surface area (Å²) in [4.78, 5) is 11.1. The molecule has 0 amide bonds. The first-order chi connectivity index (χ1) is 7.06. The molecule has 78 valence electrons. The van der Waals surface area contributed by atoms with Gasteiger partial charge >= 0.3 is 5.97 Å². The Labute approximate surface area is 92.8 Å². The van der Waals surface area contributed by atoms with E-state index in [9.17, 15) is 4.79 Å². The highest BCUT2D eigenvalue weighted by molar-refractivity contribution is 7.84. The predicted octanol–water partition coefficient (Wildman–Crippen LogP) is 0.623. The van der Waals surface area contributed by atoms with Crippen molar-refractivity contribution in [3.05, 3.63) is 22.3 Å². The van der Waals surface area contributed by atoms with Crippen molar-refractivity contribution in [2.75, 3.05) is 6.61 Å². The zero-order valence-corrected chi connectivity index (χ0v) is 8.91.